The van der Waals surface area contributed by atoms with Crippen LogP contribution in [-0.4, -0.2) is 56.4 Å². The Balaban J connectivity index is 1.79. The molecule has 0 saturated carbocycles. The third kappa shape index (κ3) is 4.58. The standard InChI is InChI=1S/C19H28N6O4/c1-12(2)21-17(22-28)13-8-16(26)24(10-13)14-9-20-25-7-6-23(11-15(14)25)18(27)29-19(3,4)5/h9,13,28H,1,6-8,10-11H2,2-5H3,(H,21,22). The van der Waals surface area contributed by atoms with Gasteiger partial charge in [-0.15, -0.1) is 0 Å². The van der Waals surface area contributed by atoms with Crippen molar-refractivity contribution < 1.29 is 19.5 Å². The lowest BCUT2D eigenvalue weighted by Gasteiger charge is -2.31. The number of ether oxygens (including phenoxy) is 1. The number of hydrogen-bond donors (Lipinski definition) is 2. The largest absolute Gasteiger partial charge is 0.444 e. The lowest BCUT2D eigenvalue weighted by atomic mass is 10.1. The molecule has 3 heterocycles. The highest BCUT2D eigenvalue weighted by Crippen LogP contribution is 2.31. The molecule has 1 aromatic rings. The van der Waals surface area contributed by atoms with Gasteiger partial charge in [0, 0.05) is 31.1 Å². The maximum Gasteiger partial charge on any atom is 0.410 e. The molecule has 2 N–H and O–H groups in total. The second-order valence-electron chi connectivity index (χ2n) is 8.35. The van der Waals surface area contributed by atoms with Gasteiger partial charge in [-0.1, -0.05) is 6.58 Å². The molecule has 0 aromatic carbocycles. The molecule has 2 aliphatic rings. The first kappa shape index (κ1) is 20.8. The summed E-state index contributed by atoms with van der Waals surface area (Å²) in [6.07, 6.45) is 1.47. The first-order valence-electron chi connectivity index (χ1n) is 9.56. The van der Waals surface area contributed by atoms with Gasteiger partial charge < -0.3 is 14.5 Å². The molecule has 10 nitrogen and oxygen atoms in total. The van der Waals surface area contributed by atoms with E-state index in [-0.39, 0.29) is 24.3 Å². The van der Waals surface area contributed by atoms with Crippen molar-refractivity contribution in [3.8, 4) is 0 Å². The van der Waals surface area contributed by atoms with Gasteiger partial charge in [-0.05, 0) is 27.7 Å². The van der Waals surface area contributed by atoms with Gasteiger partial charge in [-0.3, -0.25) is 20.2 Å². The van der Waals surface area contributed by atoms with Crippen molar-refractivity contribution in [2.24, 2.45) is 10.9 Å². The zero-order chi connectivity index (χ0) is 21.3. The third-order valence-electron chi connectivity index (χ3n) is 4.73. The summed E-state index contributed by atoms with van der Waals surface area (Å²) >= 11 is 0. The number of hydroxylamine groups is 1. The molecule has 1 fully saturated rings. The van der Waals surface area contributed by atoms with Gasteiger partial charge in [0.25, 0.3) is 0 Å². The summed E-state index contributed by atoms with van der Waals surface area (Å²) in [5.74, 6) is -0.0695. The first-order valence-corrected chi connectivity index (χ1v) is 9.56. The summed E-state index contributed by atoms with van der Waals surface area (Å²) < 4.78 is 7.28. The molecule has 0 radical (unpaired) electrons. The van der Waals surface area contributed by atoms with Crippen LogP contribution in [0.15, 0.2) is 23.5 Å². The Hall–Kier alpha value is -2.88. The average Bonchev–Trinajstić information content (AvgIpc) is 3.20. The smallest absolute Gasteiger partial charge is 0.410 e. The molecule has 1 aromatic heterocycles. The van der Waals surface area contributed by atoms with E-state index in [0.717, 1.165) is 5.69 Å². The van der Waals surface area contributed by atoms with Crippen LogP contribution < -0.4 is 10.4 Å². The van der Waals surface area contributed by atoms with Crippen LogP contribution in [-0.2, 0) is 22.6 Å². The second-order valence-corrected chi connectivity index (χ2v) is 8.35. The topological polar surface area (TPSA) is 112 Å². The number of hydrogen-bond acceptors (Lipinski definition) is 6. The van der Waals surface area contributed by atoms with Crippen molar-refractivity contribution in [2.75, 3.05) is 18.0 Å². The maximum absolute atomic E-state index is 12.7. The van der Waals surface area contributed by atoms with Crippen molar-refractivity contribution in [1.82, 2.24) is 20.2 Å². The zero-order valence-electron chi connectivity index (χ0n) is 17.3. The van der Waals surface area contributed by atoms with Crippen LogP contribution in [0.3, 0.4) is 0 Å². The Kier molecular flexibility index (Phi) is 5.65. The van der Waals surface area contributed by atoms with E-state index in [9.17, 15) is 14.8 Å². The van der Waals surface area contributed by atoms with Crippen LogP contribution in [0, 0.1) is 5.92 Å². The van der Waals surface area contributed by atoms with Gasteiger partial charge >= 0.3 is 6.09 Å². The highest BCUT2D eigenvalue weighted by atomic mass is 16.6. The number of rotatable bonds is 3. The minimum absolute atomic E-state index is 0.0927. The van der Waals surface area contributed by atoms with Crippen molar-refractivity contribution in [1.29, 1.82) is 0 Å². The lowest BCUT2D eigenvalue weighted by molar-refractivity contribution is -0.117. The summed E-state index contributed by atoms with van der Waals surface area (Å²) in [6.45, 7) is 12.6. The predicted molar refractivity (Wildman–Crippen MR) is 107 cm³/mol. The van der Waals surface area contributed by atoms with Crippen LogP contribution in [0.5, 0.6) is 0 Å². The highest BCUT2D eigenvalue weighted by molar-refractivity contribution is 6.01. The van der Waals surface area contributed by atoms with Crippen LogP contribution in [0.25, 0.3) is 0 Å². The number of nitrogens with zero attached hydrogens (tertiary/aromatic N) is 5. The van der Waals surface area contributed by atoms with E-state index >= 15 is 0 Å². The van der Waals surface area contributed by atoms with E-state index in [4.69, 9.17) is 4.74 Å². The van der Waals surface area contributed by atoms with Gasteiger partial charge in [-0.25, -0.2) is 9.79 Å². The number of allylic oxidation sites excluding steroid dienone is 1. The quantitative estimate of drug-likeness (QED) is 0.452. The van der Waals surface area contributed by atoms with Crippen LogP contribution >= 0.6 is 0 Å². The first-order chi connectivity index (χ1) is 13.6. The van der Waals surface area contributed by atoms with Crippen LogP contribution in [0.1, 0.15) is 39.8 Å². The Bertz CT molecular complexity index is 853. The fraction of sp³-hybridized carbons (Fsp3) is 0.579. The Morgan fingerprint density at radius 2 is 2.14 bits per heavy atom. The number of nitrogens with one attached hydrogen (secondary N) is 1. The molecule has 2 aliphatic heterocycles. The van der Waals surface area contributed by atoms with Crippen molar-refractivity contribution in [3.63, 3.8) is 0 Å². The number of carbonyl (C=O) groups excluding carboxylic acids is 2. The highest BCUT2D eigenvalue weighted by Gasteiger charge is 2.37. The van der Waals surface area contributed by atoms with Gasteiger partial charge in [0.2, 0.25) is 5.91 Å². The molecular formula is C19H28N6O4. The van der Waals surface area contributed by atoms with Crippen molar-refractivity contribution in [3.05, 3.63) is 24.2 Å². The Morgan fingerprint density at radius 3 is 2.76 bits per heavy atom. The monoisotopic (exact) mass is 404 g/mol. The number of aliphatic imine (C=N–C) groups is 1. The number of carbonyl (C=O) groups is 2. The summed E-state index contributed by atoms with van der Waals surface area (Å²) in [7, 11) is 0. The fourth-order valence-corrected chi connectivity index (χ4v) is 3.48. The van der Waals surface area contributed by atoms with E-state index in [2.05, 4.69) is 22.2 Å². The molecule has 0 spiro atoms. The van der Waals surface area contributed by atoms with Gasteiger partial charge in [-0.2, -0.15) is 5.10 Å². The van der Waals surface area contributed by atoms with E-state index in [1.54, 1.807) is 22.9 Å². The number of aromatic nitrogens is 2. The van der Waals surface area contributed by atoms with Crippen molar-refractivity contribution >= 4 is 23.5 Å². The van der Waals surface area contributed by atoms with Crippen molar-refractivity contribution in [2.45, 2.75) is 52.8 Å². The maximum atomic E-state index is 12.7. The number of fused-ring (bicyclic) bond motifs is 1. The molecule has 158 valence electrons. The predicted octanol–water partition coefficient (Wildman–Crippen LogP) is 1.90. The van der Waals surface area contributed by atoms with Gasteiger partial charge in [0.1, 0.15) is 11.4 Å². The van der Waals surface area contributed by atoms with E-state index in [1.165, 1.54) is 0 Å². The molecule has 1 unspecified atom stereocenters. The lowest BCUT2D eigenvalue weighted by Crippen LogP contribution is -2.42. The van der Waals surface area contributed by atoms with E-state index in [0.29, 0.717) is 43.4 Å². The Labute approximate surface area is 169 Å². The molecule has 10 heteroatoms. The number of amides is 2. The number of anilines is 1. The second kappa shape index (κ2) is 7.86. The zero-order valence-corrected chi connectivity index (χ0v) is 17.3. The molecule has 2 amide bonds. The molecular weight excluding hydrogens is 376 g/mol. The third-order valence-corrected chi connectivity index (χ3v) is 4.73. The minimum Gasteiger partial charge on any atom is -0.444 e. The fourth-order valence-electron chi connectivity index (χ4n) is 3.48. The van der Waals surface area contributed by atoms with E-state index in [1.807, 2.05) is 25.5 Å². The SMILES string of the molecule is C=C(C)N=C(NO)C1CC(=O)N(c2cnn3c2CN(C(=O)OC(C)(C)C)CC3)C1. The molecule has 3 rings (SSSR count). The van der Waals surface area contributed by atoms with Crippen LogP contribution in [0.2, 0.25) is 0 Å². The summed E-state index contributed by atoms with van der Waals surface area (Å²) in [5.41, 5.74) is 3.49. The molecule has 0 bridgehead atoms. The van der Waals surface area contributed by atoms with Gasteiger partial charge in [0.05, 0.1) is 30.7 Å². The minimum atomic E-state index is -0.577. The van der Waals surface area contributed by atoms with Crippen LogP contribution in [0.4, 0.5) is 10.5 Å². The normalized spacial score (nSPS) is 20.0. The van der Waals surface area contributed by atoms with E-state index < -0.39 is 5.60 Å². The summed E-state index contributed by atoms with van der Waals surface area (Å²) in [4.78, 5) is 32.6. The summed E-state index contributed by atoms with van der Waals surface area (Å²) in [6, 6.07) is 0. The molecule has 1 saturated heterocycles. The van der Waals surface area contributed by atoms with Gasteiger partial charge in [0.15, 0.2) is 0 Å². The molecule has 1 atom stereocenters. The summed E-state index contributed by atoms with van der Waals surface area (Å²) in [5, 5.41) is 13.8. The molecule has 29 heavy (non-hydrogen) atoms. The average molecular weight is 404 g/mol. The Morgan fingerprint density at radius 1 is 1.41 bits per heavy atom. The number of amidine groups is 1. The molecule has 0 aliphatic carbocycles.